The second kappa shape index (κ2) is 7.64. The van der Waals surface area contributed by atoms with Crippen molar-refractivity contribution in [1.82, 2.24) is 30.0 Å². The van der Waals surface area contributed by atoms with E-state index in [4.69, 9.17) is 9.26 Å². The molecule has 10 heteroatoms. The highest BCUT2D eigenvalue weighted by atomic mass is 19.1. The molecule has 3 aromatic heterocycles. The molecule has 6 rings (SSSR count). The van der Waals surface area contributed by atoms with Gasteiger partial charge in [-0.1, -0.05) is 5.16 Å². The molecule has 1 N–H and O–H groups in total. The number of halogens is 1. The molecule has 0 spiro atoms. The number of pyridine rings is 1. The van der Waals surface area contributed by atoms with Crippen molar-refractivity contribution in [2.24, 2.45) is 0 Å². The van der Waals surface area contributed by atoms with Gasteiger partial charge in [0, 0.05) is 24.4 Å². The van der Waals surface area contributed by atoms with Crippen LogP contribution in [0.4, 0.5) is 4.39 Å². The number of nitrogens with zero attached hydrogens (tertiary/aromatic N) is 5. The van der Waals surface area contributed by atoms with Gasteiger partial charge in [0.25, 0.3) is 0 Å². The lowest BCUT2D eigenvalue weighted by Gasteiger charge is -2.27. The van der Waals surface area contributed by atoms with Crippen molar-refractivity contribution in [3.8, 4) is 11.5 Å². The molecule has 1 amide bonds. The van der Waals surface area contributed by atoms with E-state index in [-0.39, 0.29) is 18.1 Å². The van der Waals surface area contributed by atoms with E-state index < -0.39 is 0 Å². The van der Waals surface area contributed by atoms with Crippen molar-refractivity contribution >= 4 is 22.3 Å². The molecule has 2 fully saturated rings. The van der Waals surface area contributed by atoms with E-state index in [1.807, 2.05) is 15.5 Å². The van der Waals surface area contributed by atoms with E-state index in [0.717, 1.165) is 23.9 Å². The third kappa shape index (κ3) is 3.51. The maximum absolute atomic E-state index is 14.1. The summed E-state index contributed by atoms with van der Waals surface area (Å²) in [7, 11) is 0. The van der Waals surface area contributed by atoms with Crippen LogP contribution in [0, 0.1) is 5.82 Å². The Morgan fingerprint density at radius 3 is 2.84 bits per heavy atom. The van der Waals surface area contributed by atoms with Crippen LogP contribution in [-0.2, 0) is 16.0 Å². The predicted molar refractivity (Wildman–Crippen MR) is 112 cm³/mol. The molecule has 2 aliphatic rings. The number of rotatable bonds is 5. The molecular formula is C22H21FN6O3. The van der Waals surface area contributed by atoms with E-state index in [9.17, 15) is 9.18 Å². The number of carbonyl (C=O) groups is 1. The lowest BCUT2D eigenvalue weighted by molar-refractivity contribution is -0.127. The molecule has 0 bridgehead atoms. The zero-order valence-corrected chi connectivity index (χ0v) is 17.3. The Balaban J connectivity index is 1.40. The molecule has 0 unspecified atom stereocenters. The van der Waals surface area contributed by atoms with E-state index in [0.29, 0.717) is 60.6 Å². The first-order valence-corrected chi connectivity index (χ1v) is 10.7. The number of amides is 1. The molecule has 0 radical (unpaired) electrons. The average Bonchev–Trinajstić information content (AvgIpc) is 3.37. The highest BCUT2D eigenvalue weighted by molar-refractivity contribution is 5.93. The Labute approximate surface area is 182 Å². The van der Waals surface area contributed by atoms with Gasteiger partial charge in [-0.25, -0.2) is 14.4 Å². The molecular weight excluding hydrogens is 415 g/mol. The van der Waals surface area contributed by atoms with Gasteiger partial charge in [-0.3, -0.25) is 14.6 Å². The topological polar surface area (TPSA) is 97.8 Å². The van der Waals surface area contributed by atoms with E-state index in [1.165, 1.54) is 12.1 Å². The van der Waals surface area contributed by atoms with Gasteiger partial charge in [0.1, 0.15) is 17.8 Å². The summed E-state index contributed by atoms with van der Waals surface area (Å²) in [4.78, 5) is 21.8. The van der Waals surface area contributed by atoms with E-state index >= 15 is 0 Å². The van der Waals surface area contributed by atoms with Crippen LogP contribution in [-0.4, -0.2) is 56.7 Å². The average molecular weight is 436 g/mol. The van der Waals surface area contributed by atoms with Gasteiger partial charge in [0.05, 0.1) is 30.7 Å². The fraction of sp³-hybridized carbons (Fsp3) is 0.364. The van der Waals surface area contributed by atoms with Gasteiger partial charge in [0.2, 0.25) is 17.6 Å². The minimum absolute atomic E-state index is 0.0952. The lowest BCUT2D eigenvalue weighted by Crippen LogP contribution is -2.48. The van der Waals surface area contributed by atoms with E-state index in [2.05, 4.69) is 20.6 Å². The Bertz CT molecular complexity index is 1320. The zero-order valence-electron chi connectivity index (χ0n) is 17.3. The second-order valence-electron chi connectivity index (χ2n) is 8.22. The molecule has 1 aromatic carbocycles. The summed E-state index contributed by atoms with van der Waals surface area (Å²) >= 11 is 0. The van der Waals surface area contributed by atoms with Crippen molar-refractivity contribution in [2.75, 3.05) is 26.3 Å². The number of carbonyl (C=O) groups excluding carboxylic acids is 1. The Kier molecular flexibility index (Phi) is 4.62. The van der Waals surface area contributed by atoms with Crippen LogP contribution in [0.5, 0.6) is 0 Å². The number of hydrogen-bond donors (Lipinski definition) is 1. The van der Waals surface area contributed by atoms with E-state index in [1.54, 1.807) is 12.4 Å². The van der Waals surface area contributed by atoms with Gasteiger partial charge in [-0.05, 0) is 42.7 Å². The van der Waals surface area contributed by atoms with Crippen LogP contribution in [0.2, 0.25) is 0 Å². The summed E-state index contributed by atoms with van der Waals surface area (Å²) in [6.07, 6.45) is 3.88. The normalized spacial score (nSPS) is 17.3. The van der Waals surface area contributed by atoms with Crippen molar-refractivity contribution in [3.05, 3.63) is 47.9 Å². The molecule has 1 aliphatic heterocycles. The molecule has 4 aromatic rings. The molecule has 1 saturated carbocycles. The fourth-order valence-corrected chi connectivity index (χ4v) is 4.12. The van der Waals surface area contributed by atoms with Crippen LogP contribution < -0.4 is 5.43 Å². The van der Waals surface area contributed by atoms with Crippen LogP contribution >= 0.6 is 0 Å². The minimum Gasteiger partial charge on any atom is -0.379 e. The van der Waals surface area contributed by atoms with Crippen LogP contribution in [0.3, 0.4) is 0 Å². The maximum atomic E-state index is 14.1. The minimum atomic E-state index is -0.362. The first-order valence-electron chi connectivity index (χ1n) is 10.7. The number of ether oxygens (including phenoxy) is 1. The first kappa shape index (κ1) is 19.3. The number of hydrazine groups is 1. The summed E-state index contributed by atoms with van der Waals surface area (Å²) in [5.74, 6) is 0.861. The van der Waals surface area contributed by atoms with Gasteiger partial charge in [-0.2, -0.15) is 4.98 Å². The molecule has 9 nitrogen and oxygen atoms in total. The Hall–Kier alpha value is -3.37. The number of nitrogens with one attached hydrogen (secondary N) is 1. The number of benzene rings is 1. The summed E-state index contributed by atoms with van der Waals surface area (Å²) in [5.41, 5.74) is 5.68. The smallest absolute Gasteiger partial charge is 0.238 e. The summed E-state index contributed by atoms with van der Waals surface area (Å²) in [6.45, 7) is 2.42. The molecule has 1 aliphatic carbocycles. The van der Waals surface area contributed by atoms with Gasteiger partial charge in [-0.15, -0.1) is 0 Å². The van der Waals surface area contributed by atoms with Crippen molar-refractivity contribution in [1.29, 1.82) is 0 Å². The highest BCUT2D eigenvalue weighted by Crippen LogP contribution is 2.39. The summed E-state index contributed by atoms with van der Waals surface area (Å²) in [6, 6.07) is 6.40. The standard InChI is InChI=1S/C22H21FN6O3/c23-15-3-4-17-16(11-15)14(10-19(30)26-28-5-7-31-8-6-28)9-18-20(24-12-29(17)18)21-25-22(32-27-21)13-1-2-13/h3-4,9,11-13H,1-2,5-8,10H2,(H,26,30). The van der Waals surface area contributed by atoms with Crippen molar-refractivity contribution in [3.63, 3.8) is 0 Å². The third-order valence-electron chi connectivity index (χ3n) is 5.90. The Morgan fingerprint density at radius 2 is 2.03 bits per heavy atom. The fourth-order valence-electron chi connectivity index (χ4n) is 4.12. The van der Waals surface area contributed by atoms with Crippen LogP contribution in [0.1, 0.15) is 30.2 Å². The highest BCUT2D eigenvalue weighted by Gasteiger charge is 2.30. The van der Waals surface area contributed by atoms with Crippen LogP contribution in [0.15, 0.2) is 35.1 Å². The van der Waals surface area contributed by atoms with Gasteiger partial charge in [0.15, 0.2) is 0 Å². The number of imidazole rings is 1. The van der Waals surface area contributed by atoms with Crippen molar-refractivity contribution < 1.29 is 18.4 Å². The summed E-state index contributed by atoms with van der Waals surface area (Å²) < 4.78 is 26.7. The largest absolute Gasteiger partial charge is 0.379 e. The Morgan fingerprint density at radius 1 is 1.19 bits per heavy atom. The van der Waals surface area contributed by atoms with Crippen molar-refractivity contribution in [2.45, 2.75) is 25.2 Å². The van der Waals surface area contributed by atoms with Crippen LogP contribution in [0.25, 0.3) is 27.9 Å². The number of aromatic nitrogens is 4. The molecule has 4 heterocycles. The lowest BCUT2D eigenvalue weighted by atomic mass is 10.0. The maximum Gasteiger partial charge on any atom is 0.238 e. The number of morpholine rings is 1. The van der Waals surface area contributed by atoms with Gasteiger partial charge >= 0.3 is 0 Å². The molecule has 1 saturated heterocycles. The molecule has 0 atom stereocenters. The second-order valence-corrected chi connectivity index (χ2v) is 8.22. The monoisotopic (exact) mass is 436 g/mol. The zero-order chi connectivity index (χ0) is 21.7. The number of hydrogen-bond acceptors (Lipinski definition) is 7. The van der Waals surface area contributed by atoms with Gasteiger partial charge < -0.3 is 9.26 Å². The SMILES string of the molecule is O=C(Cc1cc2c(-c3noc(C4CC4)n3)ncn2c2ccc(F)cc12)NN1CCOCC1. The number of fused-ring (bicyclic) bond motifs is 3. The summed E-state index contributed by atoms with van der Waals surface area (Å²) in [5, 5.41) is 6.61. The third-order valence-corrected chi connectivity index (χ3v) is 5.90. The molecule has 32 heavy (non-hydrogen) atoms. The quantitative estimate of drug-likeness (QED) is 0.513. The molecule has 164 valence electrons. The first-order chi connectivity index (χ1) is 15.7. The predicted octanol–water partition coefficient (Wildman–Crippen LogP) is 2.46.